The summed E-state index contributed by atoms with van der Waals surface area (Å²) in [4.78, 5) is 24.4. The Morgan fingerprint density at radius 3 is 2.12 bits per heavy atom. The van der Waals surface area contributed by atoms with Gasteiger partial charge in [0.25, 0.3) is 3.79 Å². The molecule has 0 N–H and O–H groups in total. The molecule has 0 radical (unpaired) electrons. The van der Waals surface area contributed by atoms with Crippen LogP contribution in [-0.2, 0) is 19.1 Å². The van der Waals surface area contributed by atoms with Gasteiger partial charge in [-0.15, -0.1) is 0 Å². The molecule has 0 amide bonds. The summed E-state index contributed by atoms with van der Waals surface area (Å²) in [5.74, 6) is 0.935. The van der Waals surface area contributed by atoms with E-state index >= 15 is 0 Å². The maximum Gasteiger partial charge on any atom is 0.358 e. The number of hydrogen-bond donors (Lipinski definition) is 0. The van der Waals surface area contributed by atoms with Crippen molar-refractivity contribution in [2.24, 2.45) is 29.6 Å². The lowest BCUT2D eigenvalue weighted by molar-refractivity contribution is -0.165. The molecule has 0 saturated heterocycles. The van der Waals surface area contributed by atoms with Crippen LogP contribution in [0.4, 0.5) is 0 Å². The van der Waals surface area contributed by atoms with Crippen LogP contribution < -0.4 is 0 Å². The normalized spacial score (nSPS) is 33.2. The zero-order chi connectivity index (χ0) is 19.2. The molecule has 0 aromatic rings. The SMILES string of the molecule is CC1C2CC(C(CC(=O)OC(C)(C)C)OC(=O)C(Cl)(Cl)Cl)C(C2)C1C. The van der Waals surface area contributed by atoms with Crippen LogP contribution >= 0.6 is 34.8 Å². The maximum absolute atomic E-state index is 12.3. The molecule has 0 aromatic heterocycles. The van der Waals surface area contributed by atoms with E-state index < -0.39 is 27.4 Å². The Balaban J connectivity index is 2.13. The summed E-state index contributed by atoms with van der Waals surface area (Å²) in [5, 5.41) is 0. The minimum absolute atomic E-state index is 0.0151. The summed E-state index contributed by atoms with van der Waals surface area (Å²) in [7, 11) is 0. The molecule has 25 heavy (non-hydrogen) atoms. The zero-order valence-corrected chi connectivity index (χ0v) is 17.6. The summed E-state index contributed by atoms with van der Waals surface area (Å²) < 4.78 is 8.73. The van der Waals surface area contributed by atoms with Crippen molar-refractivity contribution in [3.8, 4) is 0 Å². The Labute approximate surface area is 164 Å². The molecule has 2 fully saturated rings. The number of fused-ring (bicyclic) bond motifs is 2. The standard InChI is InChI=1S/C18H27Cl3O4/c1-9-10(2)12-6-11(9)7-13(12)14(24-16(23)18(19,20)21)8-15(22)25-17(3,4)5/h9-14H,6-8H2,1-5H3. The van der Waals surface area contributed by atoms with Crippen LogP contribution in [0.1, 0.15) is 53.9 Å². The van der Waals surface area contributed by atoms with Gasteiger partial charge >= 0.3 is 11.9 Å². The summed E-state index contributed by atoms with van der Waals surface area (Å²) in [5.41, 5.74) is -0.600. The average molecular weight is 414 g/mol. The second-order valence-electron chi connectivity index (χ2n) is 8.51. The van der Waals surface area contributed by atoms with Crippen molar-refractivity contribution in [1.82, 2.24) is 0 Å². The lowest BCUT2D eigenvalue weighted by atomic mass is 9.73. The molecule has 6 unspecified atom stereocenters. The molecule has 7 heteroatoms. The molecule has 144 valence electrons. The zero-order valence-electron chi connectivity index (χ0n) is 15.4. The topological polar surface area (TPSA) is 52.6 Å². The number of alkyl halides is 3. The Morgan fingerprint density at radius 1 is 1.08 bits per heavy atom. The van der Waals surface area contributed by atoms with Crippen LogP contribution in [0.25, 0.3) is 0 Å². The number of ether oxygens (including phenoxy) is 2. The van der Waals surface area contributed by atoms with Gasteiger partial charge in [-0.3, -0.25) is 4.79 Å². The van der Waals surface area contributed by atoms with Gasteiger partial charge in [0, 0.05) is 0 Å². The molecule has 2 rings (SSSR count). The van der Waals surface area contributed by atoms with Gasteiger partial charge in [0.1, 0.15) is 11.7 Å². The third-order valence-electron chi connectivity index (χ3n) is 5.70. The molecule has 0 spiro atoms. The lowest BCUT2D eigenvalue weighted by Gasteiger charge is -2.36. The molecular formula is C18H27Cl3O4. The molecular weight excluding hydrogens is 387 g/mol. The van der Waals surface area contributed by atoms with Crippen LogP contribution in [-0.4, -0.2) is 27.4 Å². The van der Waals surface area contributed by atoms with E-state index in [0.29, 0.717) is 23.7 Å². The molecule has 0 heterocycles. The average Bonchev–Trinajstić information content (AvgIpc) is 2.96. The molecule has 2 aliphatic rings. The van der Waals surface area contributed by atoms with E-state index in [4.69, 9.17) is 44.3 Å². The first kappa shape index (κ1) is 21.1. The quantitative estimate of drug-likeness (QED) is 0.484. The first-order chi connectivity index (χ1) is 11.3. The fourth-order valence-corrected chi connectivity index (χ4v) is 4.59. The fraction of sp³-hybridized carbons (Fsp3) is 0.889. The fourth-order valence-electron chi connectivity index (χ4n) is 4.46. The highest BCUT2D eigenvalue weighted by Gasteiger charge is 2.52. The van der Waals surface area contributed by atoms with Crippen molar-refractivity contribution >= 4 is 46.7 Å². The van der Waals surface area contributed by atoms with Crippen molar-refractivity contribution in [3.05, 3.63) is 0 Å². The van der Waals surface area contributed by atoms with Crippen molar-refractivity contribution in [3.63, 3.8) is 0 Å². The van der Waals surface area contributed by atoms with E-state index in [1.807, 2.05) is 0 Å². The van der Waals surface area contributed by atoms with Crippen molar-refractivity contribution in [2.75, 3.05) is 0 Å². The van der Waals surface area contributed by atoms with E-state index in [2.05, 4.69) is 13.8 Å². The second kappa shape index (κ2) is 7.44. The van der Waals surface area contributed by atoms with Gasteiger partial charge in [0.15, 0.2) is 0 Å². The highest BCUT2D eigenvalue weighted by Crippen LogP contribution is 2.56. The molecule has 4 nitrogen and oxygen atoms in total. The first-order valence-electron chi connectivity index (χ1n) is 8.79. The molecule has 0 aliphatic heterocycles. The van der Waals surface area contributed by atoms with Gasteiger partial charge in [-0.2, -0.15) is 0 Å². The third-order valence-corrected chi connectivity index (χ3v) is 6.17. The van der Waals surface area contributed by atoms with Crippen molar-refractivity contribution in [2.45, 2.75) is 69.4 Å². The van der Waals surface area contributed by atoms with E-state index in [1.54, 1.807) is 20.8 Å². The van der Waals surface area contributed by atoms with Gasteiger partial charge in [-0.05, 0) is 63.2 Å². The van der Waals surface area contributed by atoms with E-state index in [0.717, 1.165) is 12.8 Å². The molecule has 0 aromatic carbocycles. The number of esters is 2. The van der Waals surface area contributed by atoms with Gasteiger partial charge in [0.2, 0.25) is 0 Å². The second-order valence-corrected chi connectivity index (χ2v) is 10.8. The van der Waals surface area contributed by atoms with E-state index in [9.17, 15) is 9.59 Å². The lowest BCUT2D eigenvalue weighted by Crippen LogP contribution is -2.40. The maximum atomic E-state index is 12.3. The molecule has 6 atom stereocenters. The van der Waals surface area contributed by atoms with Crippen LogP contribution in [0.15, 0.2) is 0 Å². The Kier molecular flexibility index (Phi) is 6.28. The van der Waals surface area contributed by atoms with Crippen molar-refractivity contribution < 1.29 is 19.1 Å². The van der Waals surface area contributed by atoms with E-state index in [-0.39, 0.29) is 12.3 Å². The summed E-state index contributed by atoms with van der Waals surface area (Å²) in [6.45, 7) is 9.89. The molecule has 2 aliphatic carbocycles. The summed E-state index contributed by atoms with van der Waals surface area (Å²) in [6.07, 6.45) is 1.39. The van der Waals surface area contributed by atoms with Gasteiger partial charge < -0.3 is 9.47 Å². The highest BCUT2D eigenvalue weighted by atomic mass is 35.6. The predicted octanol–water partition coefficient (Wildman–Crippen LogP) is 4.93. The highest BCUT2D eigenvalue weighted by molar-refractivity contribution is 6.75. The van der Waals surface area contributed by atoms with Gasteiger partial charge in [0.05, 0.1) is 6.42 Å². The van der Waals surface area contributed by atoms with Crippen molar-refractivity contribution in [1.29, 1.82) is 0 Å². The van der Waals surface area contributed by atoms with Gasteiger partial charge in [-0.25, -0.2) is 4.79 Å². The Hall–Kier alpha value is -0.190. The first-order valence-corrected chi connectivity index (χ1v) is 9.92. The number of rotatable bonds is 4. The minimum atomic E-state index is -2.15. The third kappa shape index (κ3) is 5.17. The van der Waals surface area contributed by atoms with Crippen LogP contribution in [0, 0.1) is 29.6 Å². The number of halogens is 3. The minimum Gasteiger partial charge on any atom is -0.460 e. The Bertz CT molecular complexity index is 521. The van der Waals surface area contributed by atoms with Gasteiger partial charge in [-0.1, -0.05) is 48.7 Å². The Morgan fingerprint density at radius 2 is 1.68 bits per heavy atom. The smallest absolute Gasteiger partial charge is 0.358 e. The largest absolute Gasteiger partial charge is 0.460 e. The summed E-state index contributed by atoms with van der Waals surface area (Å²) in [6, 6.07) is 0. The number of carbonyl (C=O) groups excluding carboxylic acids is 2. The number of hydrogen-bond acceptors (Lipinski definition) is 4. The monoisotopic (exact) mass is 412 g/mol. The van der Waals surface area contributed by atoms with Crippen LogP contribution in [0.2, 0.25) is 0 Å². The predicted molar refractivity (Wildman–Crippen MR) is 98.7 cm³/mol. The van der Waals surface area contributed by atoms with Crippen LogP contribution in [0.3, 0.4) is 0 Å². The summed E-state index contributed by atoms with van der Waals surface area (Å²) >= 11 is 16.9. The molecule has 2 saturated carbocycles. The van der Waals surface area contributed by atoms with Crippen LogP contribution in [0.5, 0.6) is 0 Å². The number of carbonyl (C=O) groups is 2. The molecule has 2 bridgehead atoms. The van der Waals surface area contributed by atoms with E-state index in [1.165, 1.54) is 0 Å².